The van der Waals surface area contributed by atoms with Crippen LogP contribution in [0.2, 0.25) is 5.02 Å². The van der Waals surface area contributed by atoms with Gasteiger partial charge in [0.15, 0.2) is 0 Å². The molecule has 102 valence electrons. The molecule has 1 amide bonds. The molecule has 20 heavy (non-hydrogen) atoms. The summed E-state index contributed by atoms with van der Waals surface area (Å²) in [5, 5.41) is 12.5. The van der Waals surface area contributed by atoms with Crippen molar-refractivity contribution < 1.29 is 4.79 Å². The van der Waals surface area contributed by atoms with Gasteiger partial charge in [-0.05, 0) is 13.0 Å². The van der Waals surface area contributed by atoms with Gasteiger partial charge < -0.3 is 0 Å². The van der Waals surface area contributed by atoms with Crippen molar-refractivity contribution in [2.75, 3.05) is 5.43 Å². The zero-order valence-electron chi connectivity index (χ0n) is 10.4. The number of nitriles is 1. The second-order valence-electron chi connectivity index (χ2n) is 3.71. The Balaban J connectivity index is 2.26. The summed E-state index contributed by atoms with van der Waals surface area (Å²) in [5.74, 6) is -0.669. The first kappa shape index (κ1) is 13.8. The Hall–Kier alpha value is -2.66. The summed E-state index contributed by atoms with van der Waals surface area (Å²) in [7, 11) is 0. The minimum absolute atomic E-state index is 0.0254. The zero-order chi connectivity index (χ0) is 14.7. The van der Waals surface area contributed by atoms with E-state index >= 15 is 0 Å². The summed E-state index contributed by atoms with van der Waals surface area (Å²) in [4.78, 5) is 27.4. The molecule has 0 aromatic carbocycles. The molecule has 0 aliphatic heterocycles. The number of amides is 1. The summed E-state index contributed by atoms with van der Waals surface area (Å²) in [6.45, 7) is 2.14. The first-order valence-corrected chi connectivity index (χ1v) is 5.96. The Morgan fingerprint density at radius 2 is 2.35 bits per heavy atom. The average molecular weight is 293 g/mol. The summed E-state index contributed by atoms with van der Waals surface area (Å²) in [6, 6.07) is 3.18. The van der Waals surface area contributed by atoms with E-state index in [-0.39, 0.29) is 16.3 Å². The Bertz CT molecular complexity index is 757. The Labute approximate surface area is 118 Å². The minimum Gasteiger partial charge on any atom is -0.266 e. The topological polar surface area (TPSA) is 106 Å². The highest BCUT2D eigenvalue weighted by Crippen LogP contribution is 2.14. The molecular weight excluding hydrogens is 284 g/mol. The van der Waals surface area contributed by atoms with Crippen molar-refractivity contribution in [1.29, 1.82) is 5.26 Å². The highest BCUT2D eigenvalue weighted by Gasteiger charge is 2.15. The predicted octanol–water partition coefficient (Wildman–Crippen LogP) is 0.369. The minimum atomic E-state index is -0.669. The smallest absolute Gasteiger partial charge is 0.266 e. The molecule has 8 nitrogen and oxygen atoms in total. The number of halogens is 1. The van der Waals surface area contributed by atoms with Gasteiger partial charge in [0.25, 0.3) is 5.91 Å². The molecule has 0 spiro atoms. The van der Waals surface area contributed by atoms with Gasteiger partial charge in [-0.2, -0.15) is 15.0 Å². The second kappa shape index (κ2) is 5.54. The highest BCUT2D eigenvalue weighted by molar-refractivity contribution is 6.33. The molecule has 2 heterocycles. The Kier molecular flexibility index (Phi) is 3.81. The van der Waals surface area contributed by atoms with Crippen molar-refractivity contribution in [3.63, 3.8) is 0 Å². The molecule has 0 bridgehead atoms. The number of hydrogen-bond acceptors (Lipinski definition) is 5. The monoisotopic (exact) mass is 292 g/mol. The molecule has 2 rings (SSSR count). The van der Waals surface area contributed by atoms with Gasteiger partial charge in [0.1, 0.15) is 18.1 Å². The molecule has 0 unspecified atom stereocenters. The molecule has 2 aromatic heterocycles. The van der Waals surface area contributed by atoms with E-state index in [4.69, 9.17) is 16.9 Å². The van der Waals surface area contributed by atoms with Crippen molar-refractivity contribution in [3.8, 4) is 6.07 Å². The Morgan fingerprint density at radius 3 is 2.90 bits per heavy atom. The fraction of sp³-hybridized carbons (Fsp3) is 0.182. The summed E-state index contributed by atoms with van der Waals surface area (Å²) >= 11 is 5.86. The van der Waals surface area contributed by atoms with Gasteiger partial charge in [-0.1, -0.05) is 11.6 Å². The number of carbonyl (C=O) groups excluding carboxylic acids is 1. The van der Waals surface area contributed by atoms with E-state index in [1.54, 1.807) is 6.92 Å². The lowest BCUT2D eigenvalue weighted by Crippen LogP contribution is -2.34. The molecule has 9 heteroatoms. The molecular formula is C11H9ClN6O2. The molecule has 0 radical (unpaired) electrons. The number of rotatable bonds is 3. The summed E-state index contributed by atoms with van der Waals surface area (Å²) < 4.78 is 2.11. The molecule has 0 atom stereocenters. The van der Waals surface area contributed by atoms with E-state index in [1.165, 1.54) is 23.3 Å². The number of pyridine rings is 1. The normalized spacial score (nSPS) is 10.1. The first-order chi connectivity index (χ1) is 9.56. The van der Waals surface area contributed by atoms with Gasteiger partial charge in [0, 0.05) is 12.7 Å². The third-order valence-corrected chi connectivity index (χ3v) is 2.73. The molecule has 0 aliphatic rings. The summed E-state index contributed by atoms with van der Waals surface area (Å²) in [5.41, 5.74) is 1.99. The van der Waals surface area contributed by atoms with Crippen LogP contribution in [0.4, 0.5) is 0 Å². The van der Waals surface area contributed by atoms with Crippen molar-refractivity contribution in [2.45, 2.75) is 13.5 Å². The van der Waals surface area contributed by atoms with Crippen LogP contribution in [0.5, 0.6) is 0 Å². The number of nitrogens with zero attached hydrogens (tertiary/aromatic N) is 5. The van der Waals surface area contributed by atoms with E-state index in [2.05, 4.69) is 15.5 Å². The van der Waals surface area contributed by atoms with Gasteiger partial charge in [0.2, 0.25) is 0 Å². The van der Waals surface area contributed by atoms with Crippen LogP contribution in [0.15, 0.2) is 23.4 Å². The number of carbonyl (C=O) groups is 1. The lowest BCUT2D eigenvalue weighted by atomic mass is 10.2. The van der Waals surface area contributed by atoms with Gasteiger partial charge in [-0.3, -0.25) is 10.2 Å². The fourth-order valence-electron chi connectivity index (χ4n) is 1.46. The third-order valence-electron chi connectivity index (χ3n) is 2.44. The van der Waals surface area contributed by atoms with Gasteiger partial charge >= 0.3 is 5.69 Å². The van der Waals surface area contributed by atoms with E-state index in [0.717, 1.165) is 4.68 Å². The standard InChI is InChI=1S/C11H9ClN6O2/c1-2-17-11(20)18(6-15-17)16-10(19)9-8(12)3-7(4-13)5-14-9/h3,5-6H,2H2,1H3,(H,16,19). The Morgan fingerprint density at radius 1 is 1.60 bits per heavy atom. The van der Waals surface area contributed by atoms with Crippen LogP contribution < -0.4 is 11.1 Å². The van der Waals surface area contributed by atoms with E-state index < -0.39 is 11.6 Å². The van der Waals surface area contributed by atoms with Crippen molar-refractivity contribution in [3.05, 3.63) is 45.4 Å². The lowest BCUT2D eigenvalue weighted by molar-refractivity contribution is 0.100. The van der Waals surface area contributed by atoms with E-state index in [0.29, 0.717) is 6.54 Å². The zero-order valence-corrected chi connectivity index (χ0v) is 11.1. The maximum atomic E-state index is 11.9. The quantitative estimate of drug-likeness (QED) is 0.879. The summed E-state index contributed by atoms with van der Waals surface area (Å²) in [6.07, 6.45) is 2.40. The molecule has 2 aromatic rings. The van der Waals surface area contributed by atoms with Gasteiger partial charge in [-0.15, -0.1) is 0 Å². The molecule has 1 N–H and O–H groups in total. The van der Waals surface area contributed by atoms with Crippen LogP contribution in [0.3, 0.4) is 0 Å². The average Bonchev–Trinajstić information content (AvgIpc) is 2.79. The predicted molar refractivity (Wildman–Crippen MR) is 69.8 cm³/mol. The van der Waals surface area contributed by atoms with Crippen LogP contribution in [0, 0.1) is 11.3 Å². The number of aromatic nitrogens is 4. The second-order valence-corrected chi connectivity index (χ2v) is 4.11. The third kappa shape index (κ3) is 2.53. The molecule has 0 aliphatic carbocycles. The van der Waals surface area contributed by atoms with Crippen molar-refractivity contribution in [2.24, 2.45) is 0 Å². The molecule has 0 fully saturated rings. The largest absolute Gasteiger partial charge is 0.364 e. The number of hydrogen-bond donors (Lipinski definition) is 1. The molecule has 0 saturated heterocycles. The van der Waals surface area contributed by atoms with Crippen molar-refractivity contribution in [1.82, 2.24) is 19.4 Å². The maximum absolute atomic E-state index is 11.9. The first-order valence-electron chi connectivity index (χ1n) is 5.58. The van der Waals surface area contributed by atoms with Crippen LogP contribution >= 0.6 is 11.6 Å². The SMILES string of the molecule is CCn1ncn(NC(=O)c2ncc(C#N)cc2Cl)c1=O. The highest BCUT2D eigenvalue weighted by atomic mass is 35.5. The van der Waals surface area contributed by atoms with Crippen LogP contribution in [-0.2, 0) is 6.54 Å². The van der Waals surface area contributed by atoms with E-state index in [1.807, 2.05) is 6.07 Å². The number of aryl methyl sites for hydroxylation is 1. The van der Waals surface area contributed by atoms with Crippen LogP contribution in [0.1, 0.15) is 23.0 Å². The maximum Gasteiger partial charge on any atom is 0.364 e. The lowest BCUT2D eigenvalue weighted by Gasteiger charge is -2.05. The number of nitrogens with one attached hydrogen (secondary N) is 1. The van der Waals surface area contributed by atoms with E-state index in [9.17, 15) is 9.59 Å². The van der Waals surface area contributed by atoms with Gasteiger partial charge in [0.05, 0.1) is 10.6 Å². The van der Waals surface area contributed by atoms with Crippen LogP contribution in [0.25, 0.3) is 0 Å². The van der Waals surface area contributed by atoms with Crippen LogP contribution in [-0.4, -0.2) is 25.3 Å². The fourth-order valence-corrected chi connectivity index (χ4v) is 1.71. The van der Waals surface area contributed by atoms with Crippen molar-refractivity contribution >= 4 is 17.5 Å². The van der Waals surface area contributed by atoms with Gasteiger partial charge in [-0.25, -0.2) is 14.5 Å². The molecule has 0 saturated carbocycles.